The highest BCUT2D eigenvalue weighted by Crippen LogP contribution is 2.21. The molecule has 20 heavy (non-hydrogen) atoms. The SMILES string of the molecule is O=C(NC1CCCCC1)N1CCC(Oc2nccs2)C1. The van der Waals surface area contributed by atoms with E-state index in [-0.39, 0.29) is 12.1 Å². The predicted molar refractivity (Wildman–Crippen MR) is 78.1 cm³/mol. The maximum Gasteiger partial charge on any atom is 0.317 e. The molecule has 5 nitrogen and oxygen atoms in total. The summed E-state index contributed by atoms with van der Waals surface area (Å²) in [6, 6.07) is 0.442. The van der Waals surface area contributed by atoms with Gasteiger partial charge in [-0.25, -0.2) is 9.78 Å². The molecule has 2 amide bonds. The van der Waals surface area contributed by atoms with Gasteiger partial charge in [-0.05, 0) is 12.8 Å². The number of carbonyl (C=O) groups excluding carboxylic acids is 1. The van der Waals surface area contributed by atoms with Gasteiger partial charge in [-0.2, -0.15) is 0 Å². The number of thiazole rings is 1. The lowest BCUT2D eigenvalue weighted by atomic mass is 9.96. The Labute approximate surface area is 123 Å². The van der Waals surface area contributed by atoms with Gasteiger partial charge < -0.3 is 15.0 Å². The topological polar surface area (TPSA) is 54.5 Å². The lowest BCUT2D eigenvalue weighted by Gasteiger charge is -2.26. The second kappa shape index (κ2) is 6.43. The number of amides is 2. The molecule has 0 spiro atoms. The van der Waals surface area contributed by atoms with E-state index in [9.17, 15) is 4.79 Å². The number of carbonyl (C=O) groups is 1. The van der Waals surface area contributed by atoms with Crippen LogP contribution in [0.25, 0.3) is 0 Å². The van der Waals surface area contributed by atoms with E-state index in [0.717, 1.165) is 25.8 Å². The number of likely N-dealkylation sites (tertiary alicyclic amines) is 1. The zero-order valence-corrected chi connectivity index (χ0v) is 12.4. The third kappa shape index (κ3) is 3.42. The van der Waals surface area contributed by atoms with Crippen molar-refractivity contribution in [2.24, 2.45) is 0 Å². The van der Waals surface area contributed by atoms with Crippen molar-refractivity contribution < 1.29 is 9.53 Å². The zero-order valence-electron chi connectivity index (χ0n) is 11.6. The molecule has 0 bridgehead atoms. The maximum absolute atomic E-state index is 12.2. The molecule has 1 saturated heterocycles. The third-order valence-electron chi connectivity index (χ3n) is 4.04. The molecule has 2 heterocycles. The molecule has 6 heteroatoms. The molecule has 1 N–H and O–H groups in total. The Morgan fingerprint density at radius 2 is 2.20 bits per heavy atom. The third-order valence-corrected chi connectivity index (χ3v) is 4.70. The van der Waals surface area contributed by atoms with Crippen molar-refractivity contribution in [2.45, 2.75) is 50.7 Å². The van der Waals surface area contributed by atoms with Gasteiger partial charge in [0.1, 0.15) is 6.10 Å². The number of nitrogens with one attached hydrogen (secondary N) is 1. The van der Waals surface area contributed by atoms with E-state index in [1.54, 1.807) is 6.20 Å². The summed E-state index contributed by atoms with van der Waals surface area (Å²) in [5.41, 5.74) is 0. The van der Waals surface area contributed by atoms with E-state index < -0.39 is 0 Å². The van der Waals surface area contributed by atoms with Gasteiger partial charge in [0.2, 0.25) is 0 Å². The van der Waals surface area contributed by atoms with Crippen molar-refractivity contribution in [1.29, 1.82) is 0 Å². The monoisotopic (exact) mass is 295 g/mol. The predicted octanol–water partition coefficient (Wildman–Crippen LogP) is 2.64. The molecule has 1 atom stereocenters. The van der Waals surface area contributed by atoms with Crippen LogP contribution in [0.3, 0.4) is 0 Å². The molecule has 1 aromatic rings. The summed E-state index contributed by atoms with van der Waals surface area (Å²) >= 11 is 1.50. The normalized spacial score (nSPS) is 23.8. The number of hydrogen-bond donors (Lipinski definition) is 1. The van der Waals surface area contributed by atoms with Gasteiger partial charge in [0, 0.05) is 30.6 Å². The van der Waals surface area contributed by atoms with Crippen LogP contribution in [-0.2, 0) is 0 Å². The summed E-state index contributed by atoms with van der Waals surface area (Å²) in [6.45, 7) is 1.44. The van der Waals surface area contributed by atoms with Crippen molar-refractivity contribution in [3.05, 3.63) is 11.6 Å². The Kier molecular flexibility index (Phi) is 4.40. The second-order valence-electron chi connectivity index (χ2n) is 5.56. The Balaban J connectivity index is 1.45. The minimum absolute atomic E-state index is 0.0714. The fraction of sp³-hybridized carbons (Fsp3) is 0.714. The van der Waals surface area contributed by atoms with Crippen molar-refractivity contribution in [1.82, 2.24) is 15.2 Å². The fourth-order valence-corrected chi connectivity index (χ4v) is 3.48. The van der Waals surface area contributed by atoms with Gasteiger partial charge in [-0.1, -0.05) is 30.6 Å². The molecular weight excluding hydrogens is 274 g/mol. The van der Waals surface area contributed by atoms with E-state index in [4.69, 9.17) is 4.74 Å². The van der Waals surface area contributed by atoms with Crippen LogP contribution in [0.5, 0.6) is 5.19 Å². The smallest absolute Gasteiger partial charge is 0.317 e. The van der Waals surface area contributed by atoms with Crippen molar-refractivity contribution >= 4 is 17.4 Å². The highest BCUT2D eigenvalue weighted by molar-refractivity contribution is 7.11. The first-order valence-corrected chi connectivity index (χ1v) is 8.31. The lowest BCUT2D eigenvalue weighted by molar-refractivity contribution is 0.181. The van der Waals surface area contributed by atoms with E-state index in [1.165, 1.54) is 30.6 Å². The summed E-state index contributed by atoms with van der Waals surface area (Å²) in [6.07, 6.45) is 8.73. The average molecular weight is 295 g/mol. The Morgan fingerprint density at radius 1 is 1.35 bits per heavy atom. The first-order chi connectivity index (χ1) is 9.81. The molecule has 1 aliphatic heterocycles. The molecular formula is C14H21N3O2S. The molecule has 0 radical (unpaired) electrons. The number of aromatic nitrogens is 1. The highest BCUT2D eigenvalue weighted by Gasteiger charge is 2.29. The molecule has 0 aromatic carbocycles. The van der Waals surface area contributed by atoms with Crippen LogP contribution >= 0.6 is 11.3 Å². The molecule has 2 fully saturated rings. The van der Waals surface area contributed by atoms with Crippen LogP contribution in [0.1, 0.15) is 38.5 Å². The largest absolute Gasteiger partial charge is 0.465 e. The van der Waals surface area contributed by atoms with Crippen molar-refractivity contribution in [3.8, 4) is 5.19 Å². The van der Waals surface area contributed by atoms with Gasteiger partial charge in [0.05, 0.1) is 6.54 Å². The van der Waals surface area contributed by atoms with Crippen molar-refractivity contribution in [3.63, 3.8) is 0 Å². The van der Waals surface area contributed by atoms with Gasteiger partial charge in [-0.15, -0.1) is 0 Å². The number of nitrogens with zero attached hydrogens (tertiary/aromatic N) is 2. The molecule has 3 rings (SSSR count). The summed E-state index contributed by atoms with van der Waals surface area (Å²) < 4.78 is 5.77. The molecule has 1 saturated carbocycles. The minimum atomic E-state index is 0.0714. The summed E-state index contributed by atoms with van der Waals surface area (Å²) in [4.78, 5) is 18.2. The van der Waals surface area contributed by atoms with Crippen LogP contribution in [0.15, 0.2) is 11.6 Å². The van der Waals surface area contributed by atoms with Gasteiger partial charge >= 0.3 is 6.03 Å². The van der Waals surface area contributed by atoms with E-state index >= 15 is 0 Å². The lowest BCUT2D eigenvalue weighted by Crippen LogP contribution is -2.45. The molecule has 2 aliphatic rings. The Hall–Kier alpha value is -1.30. The first kappa shape index (κ1) is 13.7. The van der Waals surface area contributed by atoms with Crippen molar-refractivity contribution in [2.75, 3.05) is 13.1 Å². The number of urea groups is 1. The Morgan fingerprint density at radius 3 is 2.95 bits per heavy atom. The van der Waals surface area contributed by atoms with Crippen LogP contribution in [0, 0.1) is 0 Å². The molecule has 110 valence electrons. The number of rotatable bonds is 3. The van der Waals surface area contributed by atoms with Gasteiger partial charge in [0.15, 0.2) is 0 Å². The minimum Gasteiger partial charge on any atom is -0.465 e. The van der Waals surface area contributed by atoms with Crippen LogP contribution in [0.2, 0.25) is 0 Å². The average Bonchev–Trinajstić information content (AvgIpc) is 3.12. The van der Waals surface area contributed by atoms with Crippen LogP contribution in [0.4, 0.5) is 4.79 Å². The summed E-state index contributed by atoms with van der Waals surface area (Å²) in [7, 11) is 0. The first-order valence-electron chi connectivity index (χ1n) is 7.43. The van der Waals surface area contributed by atoms with E-state index in [1.807, 2.05) is 10.3 Å². The Bertz CT molecular complexity index is 432. The standard InChI is InChI=1S/C14H21N3O2S/c18-13(16-11-4-2-1-3-5-11)17-8-6-12(10-17)19-14-15-7-9-20-14/h7,9,11-12H,1-6,8,10H2,(H,16,18). The van der Waals surface area contributed by atoms with Gasteiger partial charge in [0.25, 0.3) is 5.19 Å². The molecule has 1 aromatic heterocycles. The molecule has 1 aliphatic carbocycles. The summed E-state index contributed by atoms with van der Waals surface area (Å²) in [5.74, 6) is 0. The van der Waals surface area contributed by atoms with E-state index in [2.05, 4.69) is 10.3 Å². The molecule has 1 unspecified atom stereocenters. The highest BCUT2D eigenvalue weighted by atomic mass is 32.1. The number of ether oxygens (including phenoxy) is 1. The van der Waals surface area contributed by atoms with Crippen LogP contribution in [-0.4, -0.2) is 41.2 Å². The number of hydrogen-bond acceptors (Lipinski definition) is 4. The zero-order chi connectivity index (χ0) is 13.8. The quantitative estimate of drug-likeness (QED) is 0.932. The van der Waals surface area contributed by atoms with E-state index in [0.29, 0.717) is 17.8 Å². The van der Waals surface area contributed by atoms with Gasteiger partial charge in [-0.3, -0.25) is 0 Å². The fourth-order valence-electron chi connectivity index (χ4n) is 2.93. The summed E-state index contributed by atoms with van der Waals surface area (Å²) in [5, 5.41) is 5.76. The maximum atomic E-state index is 12.2. The second-order valence-corrected chi connectivity index (χ2v) is 6.41. The van der Waals surface area contributed by atoms with Crippen LogP contribution < -0.4 is 10.1 Å².